The van der Waals surface area contributed by atoms with Crippen molar-refractivity contribution >= 4 is 34.2 Å². The minimum Gasteiger partial charge on any atom is -0.283 e. The first kappa shape index (κ1) is 10.5. The van der Waals surface area contributed by atoms with Gasteiger partial charge in [0.25, 0.3) is 0 Å². The maximum atomic E-state index is 5.90. The van der Waals surface area contributed by atoms with E-state index in [9.17, 15) is 0 Å². The van der Waals surface area contributed by atoms with Gasteiger partial charge in [0.05, 0.1) is 11.0 Å². The van der Waals surface area contributed by atoms with Crippen LogP contribution in [0, 0.1) is 0 Å². The van der Waals surface area contributed by atoms with Crippen molar-refractivity contribution in [1.82, 2.24) is 19.5 Å². The van der Waals surface area contributed by atoms with Crippen molar-refractivity contribution in [2.45, 2.75) is 0 Å². The molecule has 6 heteroatoms. The number of fused-ring (bicyclic) bond motifs is 1. The van der Waals surface area contributed by atoms with Crippen molar-refractivity contribution in [2.24, 2.45) is 0 Å². The number of imidazole rings is 1. The SMILES string of the molecule is Clc1ccc2c(c1)ncn2-c1ccnc(Cl)n1. The molecule has 3 rings (SSSR count). The zero-order valence-corrected chi connectivity index (χ0v) is 10.0. The van der Waals surface area contributed by atoms with Crippen molar-refractivity contribution in [3.63, 3.8) is 0 Å². The van der Waals surface area contributed by atoms with Gasteiger partial charge in [-0.2, -0.15) is 4.98 Å². The number of hydrogen-bond donors (Lipinski definition) is 0. The van der Waals surface area contributed by atoms with E-state index in [1.807, 2.05) is 16.7 Å². The number of hydrogen-bond acceptors (Lipinski definition) is 3. The van der Waals surface area contributed by atoms with Crippen molar-refractivity contribution in [3.05, 3.63) is 47.1 Å². The van der Waals surface area contributed by atoms with Gasteiger partial charge in [0.2, 0.25) is 5.28 Å². The summed E-state index contributed by atoms with van der Waals surface area (Å²) in [5.74, 6) is 0.676. The summed E-state index contributed by atoms with van der Waals surface area (Å²) in [6, 6.07) is 7.27. The molecule has 0 aliphatic heterocycles. The summed E-state index contributed by atoms with van der Waals surface area (Å²) in [7, 11) is 0. The van der Waals surface area contributed by atoms with E-state index in [-0.39, 0.29) is 5.28 Å². The molecule has 0 bridgehead atoms. The highest BCUT2D eigenvalue weighted by Crippen LogP contribution is 2.20. The first-order valence-corrected chi connectivity index (χ1v) is 5.61. The summed E-state index contributed by atoms with van der Waals surface area (Å²) in [5, 5.41) is 0.863. The molecule has 84 valence electrons. The third kappa shape index (κ3) is 1.85. The molecule has 0 aliphatic carbocycles. The Balaban J connectivity index is 2.24. The van der Waals surface area contributed by atoms with Crippen molar-refractivity contribution in [1.29, 1.82) is 0 Å². The standard InChI is InChI=1S/C11H6Cl2N4/c12-7-1-2-9-8(5-7)15-6-17(9)10-3-4-14-11(13)16-10/h1-6H. The van der Waals surface area contributed by atoms with E-state index in [1.54, 1.807) is 24.7 Å². The third-order valence-corrected chi connectivity index (χ3v) is 2.78. The number of aromatic nitrogens is 4. The van der Waals surface area contributed by atoms with Gasteiger partial charge >= 0.3 is 0 Å². The normalized spacial score (nSPS) is 10.9. The van der Waals surface area contributed by atoms with Gasteiger partial charge in [-0.15, -0.1) is 0 Å². The Bertz CT molecular complexity index is 693. The van der Waals surface area contributed by atoms with E-state index >= 15 is 0 Å². The Morgan fingerprint density at radius 3 is 2.76 bits per heavy atom. The quantitative estimate of drug-likeness (QED) is 0.635. The summed E-state index contributed by atoms with van der Waals surface area (Å²) in [6.07, 6.45) is 3.28. The molecule has 2 heterocycles. The second-order valence-electron chi connectivity index (χ2n) is 3.43. The smallest absolute Gasteiger partial charge is 0.224 e. The van der Waals surface area contributed by atoms with Gasteiger partial charge in [0, 0.05) is 11.2 Å². The van der Waals surface area contributed by atoms with Crippen LogP contribution in [0.5, 0.6) is 0 Å². The van der Waals surface area contributed by atoms with Crippen LogP contribution in [-0.4, -0.2) is 19.5 Å². The van der Waals surface area contributed by atoms with E-state index in [0.29, 0.717) is 10.8 Å². The van der Waals surface area contributed by atoms with Crippen LogP contribution in [0.2, 0.25) is 10.3 Å². The summed E-state index contributed by atoms with van der Waals surface area (Å²) >= 11 is 11.7. The molecule has 0 atom stereocenters. The van der Waals surface area contributed by atoms with Crippen LogP contribution in [0.3, 0.4) is 0 Å². The van der Waals surface area contributed by atoms with E-state index < -0.39 is 0 Å². The molecule has 0 saturated heterocycles. The van der Waals surface area contributed by atoms with Crippen LogP contribution in [0.1, 0.15) is 0 Å². The fourth-order valence-corrected chi connectivity index (χ4v) is 1.94. The summed E-state index contributed by atoms with van der Waals surface area (Å²) in [6.45, 7) is 0. The van der Waals surface area contributed by atoms with Gasteiger partial charge in [0.1, 0.15) is 12.1 Å². The fraction of sp³-hybridized carbons (Fsp3) is 0. The lowest BCUT2D eigenvalue weighted by atomic mass is 10.3. The van der Waals surface area contributed by atoms with Crippen molar-refractivity contribution in [2.75, 3.05) is 0 Å². The Morgan fingerprint density at radius 1 is 1.06 bits per heavy atom. The minimum absolute atomic E-state index is 0.207. The molecule has 1 aromatic carbocycles. The fourth-order valence-electron chi connectivity index (χ4n) is 1.63. The molecule has 0 unspecified atom stereocenters. The monoisotopic (exact) mass is 264 g/mol. The molecule has 0 saturated carbocycles. The van der Waals surface area contributed by atoms with Gasteiger partial charge in [-0.25, -0.2) is 9.97 Å². The van der Waals surface area contributed by atoms with Crippen molar-refractivity contribution in [3.8, 4) is 5.82 Å². The minimum atomic E-state index is 0.207. The van der Waals surface area contributed by atoms with Crippen molar-refractivity contribution < 1.29 is 0 Å². The zero-order valence-electron chi connectivity index (χ0n) is 8.51. The van der Waals surface area contributed by atoms with Crippen LogP contribution in [0.4, 0.5) is 0 Å². The summed E-state index contributed by atoms with van der Waals surface area (Å²) < 4.78 is 1.83. The molecule has 3 aromatic rings. The van der Waals surface area contributed by atoms with E-state index in [4.69, 9.17) is 23.2 Å². The van der Waals surface area contributed by atoms with Crippen LogP contribution in [0.15, 0.2) is 36.8 Å². The van der Waals surface area contributed by atoms with Gasteiger partial charge in [0.15, 0.2) is 0 Å². The first-order valence-electron chi connectivity index (χ1n) is 4.85. The highest BCUT2D eigenvalue weighted by Gasteiger charge is 2.06. The maximum absolute atomic E-state index is 5.90. The lowest BCUT2D eigenvalue weighted by Crippen LogP contribution is -1.96. The average Bonchev–Trinajstić information content (AvgIpc) is 2.71. The second kappa shape index (κ2) is 3.98. The first-order chi connectivity index (χ1) is 8.24. The van der Waals surface area contributed by atoms with Gasteiger partial charge in [-0.05, 0) is 35.9 Å². The van der Waals surface area contributed by atoms with E-state index in [0.717, 1.165) is 11.0 Å². The number of rotatable bonds is 1. The predicted octanol–water partition coefficient (Wildman–Crippen LogP) is 3.12. The summed E-state index contributed by atoms with van der Waals surface area (Å²) in [4.78, 5) is 12.2. The Hall–Kier alpha value is -1.65. The highest BCUT2D eigenvalue weighted by atomic mass is 35.5. The molecule has 0 spiro atoms. The molecule has 0 N–H and O–H groups in total. The molecule has 0 aliphatic rings. The third-order valence-electron chi connectivity index (χ3n) is 2.37. The van der Waals surface area contributed by atoms with E-state index in [1.165, 1.54) is 0 Å². The lowest BCUT2D eigenvalue weighted by molar-refractivity contribution is 0.995. The topological polar surface area (TPSA) is 43.6 Å². The number of halogens is 2. The highest BCUT2D eigenvalue weighted by molar-refractivity contribution is 6.31. The Morgan fingerprint density at radius 2 is 1.94 bits per heavy atom. The predicted molar refractivity (Wildman–Crippen MR) is 66.7 cm³/mol. The van der Waals surface area contributed by atoms with Gasteiger partial charge in [-0.1, -0.05) is 11.6 Å². The number of benzene rings is 1. The average molecular weight is 265 g/mol. The molecular formula is C11H6Cl2N4. The van der Waals surface area contributed by atoms with Crippen LogP contribution in [0.25, 0.3) is 16.9 Å². The molecule has 0 amide bonds. The molecule has 0 fully saturated rings. The lowest BCUT2D eigenvalue weighted by Gasteiger charge is -2.02. The largest absolute Gasteiger partial charge is 0.283 e. The molecule has 4 nitrogen and oxygen atoms in total. The summed E-state index contributed by atoms with van der Waals surface area (Å²) in [5.41, 5.74) is 1.73. The molecule has 2 aromatic heterocycles. The second-order valence-corrected chi connectivity index (χ2v) is 4.21. The molecule has 0 radical (unpaired) electrons. The zero-order chi connectivity index (χ0) is 11.8. The Labute approximate surface area is 107 Å². The van der Waals surface area contributed by atoms with Gasteiger partial charge < -0.3 is 0 Å². The Kier molecular flexibility index (Phi) is 2.46. The molecular weight excluding hydrogens is 259 g/mol. The van der Waals surface area contributed by atoms with Crippen LogP contribution >= 0.6 is 23.2 Å². The van der Waals surface area contributed by atoms with Gasteiger partial charge in [-0.3, -0.25) is 4.57 Å². The number of nitrogens with zero attached hydrogens (tertiary/aromatic N) is 4. The van der Waals surface area contributed by atoms with Crippen LogP contribution < -0.4 is 0 Å². The molecule has 17 heavy (non-hydrogen) atoms. The van der Waals surface area contributed by atoms with E-state index in [2.05, 4.69) is 15.0 Å². The maximum Gasteiger partial charge on any atom is 0.224 e. The van der Waals surface area contributed by atoms with Crippen LogP contribution in [-0.2, 0) is 0 Å².